The third-order valence-electron chi connectivity index (χ3n) is 4.45. The van der Waals surface area contributed by atoms with Gasteiger partial charge in [0.25, 0.3) is 0 Å². The van der Waals surface area contributed by atoms with E-state index >= 15 is 0 Å². The summed E-state index contributed by atoms with van der Waals surface area (Å²) in [6.45, 7) is 7.37. The minimum atomic E-state index is 0.232. The van der Waals surface area contributed by atoms with Gasteiger partial charge in [-0.15, -0.1) is 0 Å². The smallest absolute Gasteiger partial charge is 0.0499 e. The number of hydrogen-bond acceptors (Lipinski definition) is 2. The molecule has 0 unspecified atom stereocenters. The highest BCUT2D eigenvalue weighted by Gasteiger charge is 2.38. The predicted octanol–water partition coefficient (Wildman–Crippen LogP) is 3.05. The summed E-state index contributed by atoms with van der Waals surface area (Å²) in [6.07, 6.45) is 9.26. The zero-order valence-corrected chi connectivity index (χ0v) is 11.6. The van der Waals surface area contributed by atoms with Crippen molar-refractivity contribution in [3.63, 3.8) is 0 Å². The lowest BCUT2D eigenvalue weighted by Gasteiger charge is -2.40. The van der Waals surface area contributed by atoms with Gasteiger partial charge in [-0.05, 0) is 31.6 Å². The quantitative estimate of drug-likeness (QED) is 0.770. The van der Waals surface area contributed by atoms with Gasteiger partial charge in [0.15, 0.2) is 0 Å². The molecule has 17 heavy (non-hydrogen) atoms. The van der Waals surface area contributed by atoms with Crippen molar-refractivity contribution in [1.29, 1.82) is 0 Å². The number of hydrogen-bond donors (Lipinski definition) is 1. The van der Waals surface area contributed by atoms with Gasteiger partial charge < -0.3 is 5.11 Å². The Balaban J connectivity index is 1.94. The topological polar surface area (TPSA) is 23.5 Å². The van der Waals surface area contributed by atoms with Crippen LogP contribution >= 0.6 is 0 Å². The molecule has 0 aromatic rings. The fraction of sp³-hybridized carbons (Fsp3) is 1.00. The molecule has 0 spiro atoms. The zero-order chi connectivity index (χ0) is 12.3. The highest BCUT2D eigenvalue weighted by Crippen LogP contribution is 2.39. The molecule has 0 aliphatic heterocycles. The van der Waals surface area contributed by atoms with Crippen LogP contribution in [-0.4, -0.2) is 35.7 Å². The maximum atomic E-state index is 9.80. The molecule has 2 fully saturated rings. The minimum absolute atomic E-state index is 0.232. The third kappa shape index (κ3) is 3.69. The second kappa shape index (κ2) is 5.71. The first-order valence-electron chi connectivity index (χ1n) is 7.50. The Morgan fingerprint density at radius 1 is 1.18 bits per heavy atom. The van der Waals surface area contributed by atoms with E-state index in [2.05, 4.69) is 18.7 Å². The molecule has 0 atom stereocenters. The lowest BCUT2D eigenvalue weighted by molar-refractivity contribution is 0.0337. The van der Waals surface area contributed by atoms with E-state index in [0.29, 0.717) is 6.61 Å². The summed E-state index contributed by atoms with van der Waals surface area (Å²) in [7, 11) is 0. The lowest BCUT2D eigenvalue weighted by atomic mass is 9.74. The second-order valence-electron chi connectivity index (χ2n) is 6.77. The van der Waals surface area contributed by atoms with Gasteiger partial charge in [0, 0.05) is 31.2 Å². The molecule has 2 aliphatic carbocycles. The van der Waals surface area contributed by atoms with E-state index in [4.69, 9.17) is 0 Å². The van der Waals surface area contributed by atoms with Crippen LogP contribution in [0.1, 0.15) is 58.8 Å². The number of aliphatic hydroxyl groups excluding tert-OH is 1. The van der Waals surface area contributed by atoms with Crippen LogP contribution in [-0.2, 0) is 0 Å². The Bertz CT molecular complexity index is 229. The normalized spacial score (nSPS) is 24.5. The summed E-state index contributed by atoms with van der Waals surface area (Å²) in [4.78, 5) is 2.67. The highest BCUT2D eigenvalue weighted by atomic mass is 16.3. The molecule has 1 N–H and O–H groups in total. The van der Waals surface area contributed by atoms with Gasteiger partial charge >= 0.3 is 0 Å². The van der Waals surface area contributed by atoms with Gasteiger partial charge in [-0.3, -0.25) is 4.90 Å². The standard InChI is InChI=1S/C15H29NO/c1-13(2)10-16(14-6-7-14)11-15(12-17)8-4-3-5-9-15/h13-14,17H,3-12H2,1-2H3. The lowest BCUT2D eigenvalue weighted by Crippen LogP contribution is -2.44. The fourth-order valence-electron chi connectivity index (χ4n) is 3.35. The molecule has 2 heteroatoms. The van der Waals surface area contributed by atoms with Crippen molar-refractivity contribution in [2.45, 2.75) is 64.8 Å². The van der Waals surface area contributed by atoms with Gasteiger partial charge in [-0.2, -0.15) is 0 Å². The van der Waals surface area contributed by atoms with E-state index in [9.17, 15) is 5.11 Å². The van der Waals surface area contributed by atoms with Crippen LogP contribution < -0.4 is 0 Å². The van der Waals surface area contributed by atoms with Crippen LogP contribution in [0.5, 0.6) is 0 Å². The van der Waals surface area contributed by atoms with Crippen LogP contribution in [0.15, 0.2) is 0 Å². The minimum Gasteiger partial charge on any atom is -0.396 e. The van der Waals surface area contributed by atoms with E-state index in [1.165, 1.54) is 51.5 Å². The first kappa shape index (κ1) is 13.4. The summed E-state index contributed by atoms with van der Waals surface area (Å²) in [5.41, 5.74) is 0.232. The molecular weight excluding hydrogens is 210 g/mol. The Hall–Kier alpha value is -0.0800. The van der Waals surface area contributed by atoms with Gasteiger partial charge in [-0.1, -0.05) is 33.1 Å². The molecule has 0 aromatic carbocycles. The summed E-state index contributed by atoms with van der Waals surface area (Å²) < 4.78 is 0. The van der Waals surface area contributed by atoms with Crippen LogP contribution in [0.25, 0.3) is 0 Å². The Morgan fingerprint density at radius 2 is 1.82 bits per heavy atom. The van der Waals surface area contributed by atoms with Crippen LogP contribution in [0.2, 0.25) is 0 Å². The molecule has 2 nitrogen and oxygen atoms in total. The number of aliphatic hydroxyl groups is 1. The molecule has 0 amide bonds. The van der Waals surface area contributed by atoms with Crippen molar-refractivity contribution >= 4 is 0 Å². The van der Waals surface area contributed by atoms with Gasteiger partial charge in [0.05, 0.1) is 0 Å². The predicted molar refractivity (Wildman–Crippen MR) is 72.0 cm³/mol. The first-order valence-corrected chi connectivity index (χ1v) is 7.50. The van der Waals surface area contributed by atoms with E-state index in [1.807, 2.05) is 0 Å². The highest BCUT2D eigenvalue weighted by molar-refractivity contribution is 4.92. The SMILES string of the molecule is CC(C)CN(CC1(CO)CCCCC1)C1CC1. The van der Waals surface area contributed by atoms with E-state index in [-0.39, 0.29) is 5.41 Å². The summed E-state index contributed by atoms with van der Waals surface area (Å²) >= 11 is 0. The van der Waals surface area contributed by atoms with Crippen molar-refractivity contribution in [3.8, 4) is 0 Å². The average molecular weight is 239 g/mol. The van der Waals surface area contributed by atoms with Gasteiger partial charge in [-0.25, -0.2) is 0 Å². The van der Waals surface area contributed by atoms with Crippen molar-refractivity contribution in [2.75, 3.05) is 19.7 Å². The molecule has 2 rings (SSSR count). The van der Waals surface area contributed by atoms with Crippen molar-refractivity contribution in [3.05, 3.63) is 0 Å². The molecule has 2 saturated carbocycles. The van der Waals surface area contributed by atoms with Crippen LogP contribution in [0, 0.1) is 11.3 Å². The second-order valence-corrected chi connectivity index (χ2v) is 6.77. The van der Waals surface area contributed by atoms with Gasteiger partial charge in [0.1, 0.15) is 0 Å². The van der Waals surface area contributed by atoms with Crippen LogP contribution in [0.4, 0.5) is 0 Å². The molecule has 100 valence electrons. The largest absolute Gasteiger partial charge is 0.396 e. The van der Waals surface area contributed by atoms with E-state index in [1.54, 1.807) is 0 Å². The number of rotatable bonds is 6. The van der Waals surface area contributed by atoms with Crippen molar-refractivity contribution in [2.24, 2.45) is 11.3 Å². The van der Waals surface area contributed by atoms with Crippen LogP contribution in [0.3, 0.4) is 0 Å². The summed E-state index contributed by atoms with van der Waals surface area (Å²) in [5.74, 6) is 0.745. The summed E-state index contributed by atoms with van der Waals surface area (Å²) in [6, 6.07) is 0.836. The molecule has 0 heterocycles. The molecular formula is C15H29NO. The molecule has 2 aliphatic rings. The fourth-order valence-corrected chi connectivity index (χ4v) is 3.35. The molecule has 0 aromatic heterocycles. The van der Waals surface area contributed by atoms with E-state index < -0.39 is 0 Å². The Morgan fingerprint density at radius 3 is 2.29 bits per heavy atom. The van der Waals surface area contributed by atoms with Crippen molar-refractivity contribution < 1.29 is 5.11 Å². The Kier molecular flexibility index (Phi) is 4.48. The first-order chi connectivity index (χ1) is 8.15. The number of nitrogens with zero attached hydrogens (tertiary/aromatic N) is 1. The van der Waals surface area contributed by atoms with Gasteiger partial charge in [0.2, 0.25) is 0 Å². The third-order valence-corrected chi connectivity index (χ3v) is 4.45. The molecule has 0 radical (unpaired) electrons. The molecule has 0 bridgehead atoms. The maximum Gasteiger partial charge on any atom is 0.0499 e. The maximum absolute atomic E-state index is 9.80. The average Bonchev–Trinajstić information content (AvgIpc) is 3.13. The van der Waals surface area contributed by atoms with E-state index in [0.717, 1.165) is 18.5 Å². The molecule has 0 saturated heterocycles. The summed E-state index contributed by atoms with van der Waals surface area (Å²) in [5, 5.41) is 9.80. The monoisotopic (exact) mass is 239 g/mol. The van der Waals surface area contributed by atoms with Crippen molar-refractivity contribution in [1.82, 2.24) is 4.90 Å². The Labute approximate surface area is 106 Å². The zero-order valence-electron chi connectivity index (χ0n) is 11.6.